The molecule has 160 valence electrons. The van der Waals surface area contributed by atoms with Gasteiger partial charge < -0.3 is 0 Å². The molecule has 0 saturated heterocycles. The summed E-state index contributed by atoms with van der Waals surface area (Å²) in [5, 5.41) is 4.35. The van der Waals surface area contributed by atoms with Crippen molar-refractivity contribution in [3.05, 3.63) is 83.7 Å². The lowest BCUT2D eigenvalue weighted by Gasteiger charge is -2.27. The zero-order valence-electron chi connectivity index (χ0n) is 17.1. The Kier molecular flexibility index (Phi) is 6.35. The maximum Gasteiger partial charge on any atom is 0.163 e. The van der Waals surface area contributed by atoms with Crippen LogP contribution in [0.25, 0.3) is 5.69 Å². The molecule has 0 atom stereocenters. The number of Topliss-reactive ketones (excluding diaryl/α,β-unsaturated/α-hetero) is 2. The fourth-order valence-corrected chi connectivity index (χ4v) is 4.25. The second-order valence-corrected chi connectivity index (χ2v) is 8.20. The minimum absolute atomic E-state index is 0.0217. The van der Waals surface area contributed by atoms with Gasteiger partial charge >= 0.3 is 0 Å². The maximum atomic E-state index is 13.9. The molecule has 1 aliphatic carbocycles. The van der Waals surface area contributed by atoms with Gasteiger partial charge in [0.15, 0.2) is 5.78 Å². The third-order valence-electron chi connectivity index (χ3n) is 6.04. The first-order chi connectivity index (χ1) is 15.0. The van der Waals surface area contributed by atoms with Gasteiger partial charge in [-0.15, -0.1) is 0 Å². The molecule has 6 heteroatoms. The molecule has 1 aromatic heterocycles. The molecule has 0 amide bonds. The normalized spacial score (nSPS) is 18.6. The van der Waals surface area contributed by atoms with Crippen LogP contribution in [0, 0.1) is 23.5 Å². The third-order valence-corrected chi connectivity index (χ3v) is 6.04. The summed E-state index contributed by atoms with van der Waals surface area (Å²) >= 11 is 0. The topological polar surface area (TPSA) is 52.0 Å². The number of halogens is 2. The van der Waals surface area contributed by atoms with E-state index in [1.165, 1.54) is 35.0 Å². The van der Waals surface area contributed by atoms with Crippen LogP contribution in [0.2, 0.25) is 0 Å². The predicted molar refractivity (Wildman–Crippen MR) is 113 cm³/mol. The number of benzene rings is 2. The highest BCUT2D eigenvalue weighted by atomic mass is 19.1. The Labute approximate surface area is 179 Å². The zero-order chi connectivity index (χ0) is 21.8. The molecule has 1 aliphatic rings. The van der Waals surface area contributed by atoms with Gasteiger partial charge in [-0.3, -0.25) is 9.59 Å². The molecule has 4 nitrogen and oxygen atoms in total. The maximum absolute atomic E-state index is 13.9. The summed E-state index contributed by atoms with van der Waals surface area (Å²) in [4.78, 5) is 25.1. The van der Waals surface area contributed by atoms with E-state index in [2.05, 4.69) is 5.10 Å². The molecule has 1 heterocycles. The summed E-state index contributed by atoms with van der Waals surface area (Å²) in [7, 11) is 0. The zero-order valence-corrected chi connectivity index (χ0v) is 17.1. The van der Waals surface area contributed by atoms with Crippen molar-refractivity contribution in [2.24, 2.45) is 11.8 Å². The third kappa shape index (κ3) is 5.13. The van der Waals surface area contributed by atoms with Crippen LogP contribution in [-0.2, 0) is 11.2 Å². The van der Waals surface area contributed by atoms with Gasteiger partial charge in [0.1, 0.15) is 23.1 Å². The first-order valence-electron chi connectivity index (χ1n) is 10.6. The van der Waals surface area contributed by atoms with Gasteiger partial charge in [0.05, 0.1) is 12.1 Å². The highest BCUT2D eigenvalue weighted by Gasteiger charge is 2.28. The summed E-state index contributed by atoms with van der Waals surface area (Å²) in [6, 6.07) is 13.8. The number of hydrogen-bond acceptors (Lipinski definition) is 3. The number of hydrogen-bond donors (Lipinski definition) is 0. The van der Waals surface area contributed by atoms with Crippen LogP contribution >= 0.6 is 0 Å². The van der Waals surface area contributed by atoms with Gasteiger partial charge in [-0.25, -0.2) is 13.5 Å². The van der Waals surface area contributed by atoms with Crippen LogP contribution in [0.5, 0.6) is 0 Å². The second-order valence-electron chi connectivity index (χ2n) is 8.20. The fourth-order valence-electron chi connectivity index (χ4n) is 4.25. The van der Waals surface area contributed by atoms with Crippen molar-refractivity contribution in [2.75, 3.05) is 0 Å². The Bertz CT molecular complexity index is 1070. The molecular weight excluding hydrogens is 398 g/mol. The number of carbonyl (C=O) groups excluding carboxylic acids is 2. The minimum atomic E-state index is -0.364. The molecule has 0 N–H and O–H groups in total. The van der Waals surface area contributed by atoms with Crippen molar-refractivity contribution in [1.29, 1.82) is 0 Å². The summed E-state index contributed by atoms with van der Waals surface area (Å²) in [6.45, 7) is 0. The Morgan fingerprint density at radius 1 is 0.935 bits per heavy atom. The minimum Gasteiger partial charge on any atom is -0.299 e. The van der Waals surface area contributed by atoms with Gasteiger partial charge in [0.25, 0.3) is 0 Å². The number of para-hydroxylation sites is 1. The smallest absolute Gasteiger partial charge is 0.163 e. The lowest BCUT2D eigenvalue weighted by molar-refractivity contribution is -0.123. The first kappa shape index (κ1) is 21.1. The predicted octanol–water partition coefficient (Wildman–Crippen LogP) is 5.34. The summed E-state index contributed by atoms with van der Waals surface area (Å²) in [5.41, 5.74) is 1.51. The molecule has 0 unspecified atom stereocenters. The van der Waals surface area contributed by atoms with Gasteiger partial charge in [0, 0.05) is 24.1 Å². The van der Waals surface area contributed by atoms with E-state index >= 15 is 0 Å². The number of carbonyl (C=O) groups is 2. The summed E-state index contributed by atoms with van der Waals surface area (Å²) < 4.78 is 28.4. The van der Waals surface area contributed by atoms with Crippen LogP contribution in [0.4, 0.5) is 8.78 Å². The quantitative estimate of drug-likeness (QED) is 0.483. The van der Waals surface area contributed by atoms with Gasteiger partial charge in [0.2, 0.25) is 0 Å². The van der Waals surface area contributed by atoms with E-state index in [0.29, 0.717) is 23.4 Å². The monoisotopic (exact) mass is 422 g/mol. The fraction of sp³-hybridized carbons (Fsp3) is 0.320. The average Bonchev–Trinajstić information content (AvgIpc) is 3.23. The molecule has 0 aliphatic heterocycles. The van der Waals surface area contributed by atoms with E-state index in [9.17, 15) is 18.4 Å². The van der Waals surface area contributed by atoms with Crippen molar-refractivity contribution in [2.45, 2.75) is 38.5 Å². The first-order valence-corrected chi connectivity index (χ1v) is 10.6. The van der Waals surface area contributed by atoms with Crippen LogP contribution in [-0.4, -0.2) is 21.3 Å². The number of ketones is 2. The summed E-state index contributed by atoms with van der Waals surface area (Å²) in [6.07, 6.45) is 5.49. The number of nitrogens with zero attached hydrogens (tertiary/aromatic N) is 2. The Morgan fingerprint density at radius 2 is 1.65 bits per heavy atom. The molecule has 1 saturated carbocycles. The molecule has 0 spiro atoms. The Balaban J connectivity index is 1.28. The van der Waals surface area contributed by atoms with Crippen LogP contribution < -0.4 is 0 Å². The standard InChI is InChI=1S/C25H24F2N2O2/c26-20-11-9-19(10-12-20)24(30)15-17-5-7-18(8-6-17)25(31)16-21-13-14-29(28-21)23-4-2-1-3-22(23)27/h1-4,9-14,17-18H,5-8,15-16H2. The van der Waals surface area contributed by atoms with E-state index in [1.54, 1.807) is 30.5 Å². The van der Waals surface area contributed by atoms with E-state index in [-0.39, 0.29) is 41.5 Å². The van der Waals surface area contributed by atoms with Crippen molar-refractivity contribution in [3.8, 4) is 5.69 Å². The van der Waals surface area contributed by atoms with E-state index in [1.807, 2.05) is 0 Å². The molecular formula is C25H24F2N2O2. The Hall–Kier alpha value is -3.15. The molecule has 31 heavy (non-hydrogen) atoms. The van der Waals surface area contributed by atoms with Crippen LogP contribution in [0.1, 0.15) is 48.2 Å². The highest BCUT2D eigenvalue weighted by molar-refractivity contribution is 5.96. The van der Waals surface area contributed by atoms with Gasteiger partial charge in [-0.05, 0) is 74.1 Å². The van der Waals surface area contributed by atoms with Crippen LogP contribution in [0.15, 0.2) is 60.8 Å². The molecule has 1 fully saturated rings. The SMILES string of the molecule is O=C(CC1CCC(C(=O)Cc2ccn(-c3ccccc3F)n2)CC1)c1ccc(F)cc1. The van der Waals surface area contributed by atoms with Crippen LogP contribution in [0.3, 0.4) is 0 Å². The van der Waals surface area contributed by atoms with Crippen molar-refractivity contribution < 1.29 is 18.4 Å². The lowest BCUT2D eigenvalue weighted by atomic mass is 9.77. The summed E-state index contributed by atoms with van der Waals surface area (Å²) in [5.74, 6) is -0.334. The van der Waals surface area contributed by atoms with Crippen molar-refractivity contribution in [3.63, 3.8) is 0 Å². The number of rotatable bonds is 7. The lowest BCUT2D eigenvalue weighted by Crippen LogP contribution is -2.24. The highest BCUT2D eigenvalue weighted by Crippen LogP contribution is 2.32. The number of aromatic nitrogens is 2. The van der Waals surface area contributed by atoms with Crippen molar-refractivity contribution >= 4 is 11.6 Å². The molecule has 0 bridgehead atoms. The van der Waals surface area contributed by atoms with Gasteiger partial charge in [-0.1, -0.05) is 12.1 Å². The molecule has 2 aromatic carbocycles. The molecule has 3 aromatic rings. The Morgan fingerprint density at radius 3 is 2.35 bits per heavy atom. The van der Waals surface area contributed by atoms with E-state index < -0.39 is 0 Å². The average molecular weight is 422 g/mol. The van der Waals surface area contributed by atoms with E-state index in [0.717, 1.165) is 25.7 Å². The largest absolute Gasteiger partial charge is 0.299 e. The molecule has 0 radical (unpaired) electrons. The second kappa shape index (κ2) is 9.33. The molecule has 4 rings (SSSR count). The van der Waals surface area contributed by atoms with Crippen molar-refractivity contribution in [1.82, 2.24) is 9.78 Å². The van der Waals surface area contributed by atoms with Gasteiger partial charge in [-0.2, -0.15) is 5.10 Å². The van der Waals surface area contributed by atoms with E-state index in [4.69, 9.17) is 0 Å².